The van der Waals surface area contributed by atoms with E-state index in [-0.39, 0.29) is 5.82 Å². The fourth-order valence-corrected chi connectivity index (χ4v) is 2.66. The predicted octanol–water partition coefficient (Wildman–Crippen LogP) is 5.00. The molecule has 1 aromatic heterocycles. The Kier molecular flexibility index (Phi) is 7.00. The summed E-state index contributed by atoms with van der Waals surface area (Å²) in [6.07, 6.45) is 6.10. The van der Waals surface area contributed by atoms with Gasteiger partial charge in [0, 0.05) is 10.9 Å². The number of hydrogen-bond acceptors (Lipinski definition) is 5. The van der Waals surface area contributed by atoms with Crippen molar-refractivity contribution in [3.63, 3.8) is 0 Å². The van der Waals surface area contributed by atoms with Crippen LogP contribution in [-0.2, 0) is 0 Å². The molecule has 6 heteroatoms. The van der Waals surface area contributed by atoms with Crippen LogP contribution in [-0.4, -0.2) is 17.8 Å². The molecule has 0 spiro atoms. The van der Waals surface area contributed by atoms with Crippen LogP contribution in [0.3, 0.4) is 0 Å². The van der Waals surface area contributed by atoms with Crippen molar-refractivity contribution in [3.8, 4) is 5.75 Å². The molecule has 0 aliphatic heterocycles. The first-order valence-corrected chi connectivity index (χ1v) is 8.70. The van der Waals surface area contributed by atoms with Crippen LogP contribution < -0.4 is 10.2 Å². The van der Waals surface area contributed by atoms with E-state index in [1.165, 1.54) is 36.3 Å². The Hall–Kier alpha value is -1.95. The van der Waals surface area contributed by atoms with Gasteiger partial charge in [0.25, 0.3) is 0 Å². The Balaban J connectivity index is 1.94. The summed E-state index contributed by atoms with van der Waals surface area (Å²) < 4.78 is 19.2. The van der Waals surface area contributed by atoms with E-state index in [9.17, 15) is 4.39 Å². The topological polar surface area (TPSA) is 46.5 Å². The lowest BCUT2D eigenvalue weighted by molar-refractivity contribution is 0.304. The molecular formula is C17H22FN3OS. The highest BCUT2D eigenvalue weighted by atomic mass is 32.1. The number of aryl methyl sites for hydroxylation is 1. The minimum absolute atomic E-state index is 0.310. The predicted molar refractivity (Wildman–Crippen MR) is 94.1 cm³/mol. The zero-order valence-corrected chi connectivity index (χ0v) is 14.3. The van der Waals surface area contributed by atoms with Gasteiger partial charge in [0.05, 0.1) is 18.5 Å². The van der Waals surface area contributed by atoms with E-state index in [2.05, 4.69) is 22.4 Å². The van der Waals surface area contributed by atoms with Crippen molar-refractivity contribution in [3.05, 3.63) is 40.7 Å². The van der Waals surface area contributed by atoms with Crippen LogP contribution in [0.5, 0.6) is 5.75 Å². The van der Waals surface area contributed by atoms with Crippen molar-refractivity contribution in [1.82, 2.24) is 4.98 Å². The van der Waals surface area contributed by atoms with Crippen LogP contribution in [0.25, 0.3) is 0 Å². The molecule has 0 radical (unpaired) electrons. The molecule has 0 unspecified atom stereocenters. The Morgan fingerprint density at radius 1 is 1.35 bits per heavy atom. The van der Waals surface area contributed by atoms with Crippen LogP contribution in [0.4, 0.5) is 9.52 Å². The normalized spacial score (nSPS) is 11.1. The minimum atomic E-state index is -0.310. The van der Waals surface area contributed by atoms with Gasteiger partial charge < -0.3 is 4.74 Å². The molecule has 2 rings (SSSR count). The van der Waals surface area contributed by atoms with Gasteiger partial charge in [-0.05, 0) is 31.5 Å². The van der Waals surface area contributed by atoms with E-state index in [1.54, 1.807) is 12.3 Å². The fourth-order valence-electron chi connectivity index (χ4n) is 2.02. The quantitative estimate of drug-likeness (QED) is 0.399. The van der Waals surface area contributed by atoms with Gasteiger partial charge in [-0.2, -0.15) is 5.10 Å². The van der Waals surface area contributed by atoms with Crippen molar-refractivity contribution in [2.24, 2.45) is 5.10 Å². The maximum Gasteiger partial charge on any atom is 0.203 e. The summed E-state index contributed by atoms with van der Waals surface area (Å²) in [5.74, 6) is 0.332. The second kappa shape index (κ2) is 9.25. The molecule has 0 fully saturated rings. The molecule has 0 aliphatic carbocycles. The summed E-state index contributed by atoms with van der Waals surface area (Å²) in [6.45, 7) is 4.72. The lowest BCUT2D eigenvalue weighted by Crippen LogP contribution is -2.01. The number of thiazole rings is 1. The molecule has 0 bridgehead atoms. The first-order chi connectivity index (χ1) is 11.2. The number of nitrogens with one attached hydrogen (secondary N) is 1. The van der Waals surface area contributed by atoms with Gasteiger partial charge in [0.15, 0.2) is 0 Å². The molecule has 2 aromatic rings. The Bertz CT molecular complexity index is 643. The number of hydrogen-bond donors (Lipinski definition) is 1. The zero-order chi connectivity index (χ0) is 16.5. The molecule has 0 atom stereocenters. The van der Waals surface area contributed by atoms with Crippen LogP contribution in [0.15, 0.2) is 28.7 Å². The average Bonchev–Trinajstić information content (AvgIpc) is 2.94. The molecule has 4 nitrogen and oxygen atoms in total. The fraction of sp³-hybridized carbons (Fsp3) is 0.412. The average molecular weight is 335 g/mol. The van der Waals surface area contributed by atoms with E-state index in [0.29, 0.717) is 23.1 Å². The summed E-state index contributed by atoms with van der Waals surface area (Å²) in [5.41, 5.74) is 4.40. The van der Waals surface area contributed by atoms with Crippen molar-refractivity contribution < 1.29 is 9.13 Å². The van der Waals surface area contributed by atoms with Gasteiger partial charge in [0.2, 0.25) is 5.13 Å². The lowest BCUT2D eigenvalue weighted by atomic mass is 10.2. The molecule has 1 N–H and O–H groups in total. The second-order valence-corrected chi connectivity index (χ2v) is 6.11. The molecule has 124 valence electrons. The first kappa shape index (κ1) is 17.4. The van der Waals surface area contributed by atoms with Gasteiger partial charge in [-0.15, -0.1) is 11.3 Å². The molecule has 1 aromatic carbocycles. The number of ether oxygens (including phenoxy) is 1. The van der Waals surface area contributed by atoms with Gasteiger partial charge in [-0.1, -0.05) is 26.2 Å². The molecule has 1 heterocycles. The van der Waals surface area contributed by atoms with Gasteiger partial charge in [-0.3, -0.25) is 5.43 Å². The maximum absolute atomic E-state index is 13.4. The van der Waals surface area contributed by atoms with Crippen LogP contribution >= 0.6 is 11.3 Å². The third-order valence-electron chi connectivity index (χ3n) is 3.21. The van der Waals surface area contributed by atoms with E-state index in [1.807, 2.05) is 12.3 Å². The van der Waals surface area contributed by atoms with Gasteiger partial charge >= 0.3 is 0 Å². The Morgan fingerprint density at radius 2 is 2.22 bits per heavy atom. The van der Waals surface area contributed by atoms with Gasteiger partial charge in [-0.25, -0.2) is 9.37 Å². The molecule has 0 saturated heterocycles. The number of hydrazone groups is 1. The SMILES string of the molecule is CCCCCCOc1ccc(F)cc1C=NNc1nc(C)cs1. The number of unbranched alkanes of at least 4 members (excludes halogenated alkanes) is 3. The summed E-state index contributed by atoms with van der Waals surface area (Å²) in [4.78, 5) is 4.25. The van der Waals surface area contributed by atoms with Gasteiger partial charge in [0.1, 0.15) is 11.6 Å². The molecule has 0 saturated carbocycles. The number of nitrogens with zero attached hydrogens (tertiary/aromatic N) is 2. The highest BCUT2D eigenvalue weighted by molar-refractivity contribution is 7.13. The maximum atomic E-state index is 13.4. The first-order valence-electron chi connectivity index (χ1n) is 7.82. The molecule has 0 aliphatic rings. The largest absolute Gasteiger partial charge is 0.493 e. The third-order valence-corrected chi connectivity index (χ3v) is 4.07. The Morgan fingerprint density at radius 3 is 2.96 bits per heavy atom. The highest BCUT2D eigenvalue weighted by Gasteiger charge is 2.04. The van der Waals surface area contributed by atoms with E-state index in [0.717, 1.165) is 18.5 Å². The van der Waals surface area contributed by atoms with E-state index < -0.39 is 0 Å². The summed E-state index contributed by atoms with van der Waals surface area (Å²) >= 11 is 1.47. The number of aromatic nitrogens is 1. The van der Waals surface area contributed by atoms with Crippen molar-refractivity contribution in [1.29, 1.82) is 0 Å². The molecular weight excluding hydrogens is 313 g/mol. The summed E-state index contributed by atoms with van der Waals surface area (Å²) in [7, 11) is 0. The molecule has 0 amide bonds. The standard InChI is InChI=1S/C17H22FN3OS/c1-3-4-5-6-9-22-16-8-7-15(18)10-14(16)11-19-21-17-20-13(2)12-23-17/h7-8,10-12H,3-6,9H2,1-2H3,(H,20,21). The lowest BCUT2D eigenvalue weighted by Gasteiger charge is -2.09. The number of benzene rings is 1. The van der Waals surface area contributed by atoms with Crippen LogP contribution in [0, 0.1) is 12.7 Å². The zero-order valence-electron chi connectivity index (χ0n) is 13.5. The molecule has 23 heavy (non-hydrogen) atoms. The van der Waals surface area contributed by atoms with Crippen LogP contribution in [0.1, 0.15) is 43.9 Å². The van der Waals surface area contributed by atoms with Crippen molar-refractivity contribution >= 4 is 22.7 Å². The highest BCUT2D eigenvalue weighted by Crippen LogP contribution is 2.19. The van der Waals surface area contributed by atoms with Crippen molar-refractivity contribution in [2.75, 3.05) is 12.0 Å². The smallest absolute Gasteiger partial charge is 0.203 e. The number of anilines is 1. The number of halogens is 1. The minimum Gasteiger partial charge on any atom is -0.493 e. The summed E-state index contributed by atoms with van der Waals surface area (Å²) in [6, 6.07) is 4.46. The monoisotopic (exact) mass is 335 g/mol. The van der Waals surface area contributed by atoms with Crippen LogP contribution in [0.2, 0.25) is 0 Å². The van der Waals surface area contributed by atoms with Crippen molar-refractivity contribution in [2.45, 2.75) is 39.5 Å². The summed E-state index contributed by atoms with van der Waals surface area (Å²) in [5, 5.41) is 6.75. The Labute approximate surface area is 140 Å². The van der Waals surface area contributed by atoms with E-state index in [4.69, 9.17) is 4.74 Å². The third kappa shape index (κ3) is 5.98. The second-order valence-electron chi connectivity index (χ2n) is 5.26. The number of rotatable bonds is 9. The van der Waals surface area contributed by atoms with E-state index >= 15 is 0 Å².